The molecule has 2 nitrogen and oxygen atoms in total. The van der Waals surface area contributed by atoms with E-state index in [9.17, 15) is 4.79 Å². The molecule has 1 rings (SSSR count). The molecule has 0 aliphatic rings. The summed E-state index contributed by atoms with van der Waals surface area (Å²) in [6, 6.07) is 5.73. The number of hydrogen-bond acceptors (Lipinski definition) is 2. The number of hydrogen-bond donors (Lipinski definition) is 0. The van der Waals surface area contributed by atoms with E-state index in [1.54, 1.807) is 7.11 Å². The molecule has 76 valence electrons. The van der Waals surface area contributed by atoms with Gasteiger partial charge in [-0.1, -0.05) is 0 Å². The zero-order valence-electron chi connectivity index (χ0n) is 7.72. The van der Waals surface area contributed by atoms with Gasteiger partial charge in [0.1, 0.15) is 5.75 Å². The normalized spacial score (nSPS) is 9.93. The fourth-order valence-corrected chi connectivity index (χ4v) is 1.80. The van der Waals surface area contributed by atoms with Crippen molar-refractivity contribution in [3.8, 4) is 5.75 Å². The van der Waals surface area contributed by atoms with E-state index in [2.05, 4.69) is 22.6 Å². The third-order valence-electron chi connectivity index (χ3n) is 1.78. The van der Waals surface area contributed by atoms with Crippen molar-refractivity contribution in [3.63, 3.8) is 0 Å². The van der Waals surface area contributed by atoms with Gasteiger partial charge in [0.05, 0.1) is 13.0 Å². The first kappa shape index (κ1) is 11.8. The minimum atomic E-state index is 0.00645. The summed E-state index contributed by atoms with van der Waals surface area (Å²) in [5.74, 6) is 0.796. The smallest absolute Gasteiger partial charge is 0.152 e. The Hall–Kier alpha value is -0.290. The summed E-state index contributed by atoms with van der Waals surface area (Å²) in [5.41, 5.74) is 0.894. The Morgan fingerprint density at radius 1 is 1.57 bits per heavy atom. The van der Waals surface area contributed by atoms with E-state index in [1.165, 1.54) is 0 Å². The van der Waals surface area contributed by atoms with E-state index in [0.29, 0.717) is 6.42 Å². The largest absolute Gasteiger partial charge is 0.496 e. The van der Waals surface area contributed by atoms with Crippen molar-refractivity contribution in [2.45, 2.75) is 6.42 Å². The highest BCUT2D eigenvalue weighted by molar-refractivity contribution is 14.1. The molecular weight excluding hydrogens is 314 g/mol. The van der Waals surface area contributed by atoms with Crippen LogP contribution in [0.15, 0.2) is 18.2 Å². The van der Waals surface area contributed by atoms with Crippen molar-refractivity contribution >= 4 is 40.0 Å². The third-order valence-corrected chi connectivity index (χ3v) is 2.75. The lowest BCUT2D eigenvalue weighted by molar-refractivity contribution is -0.116. The number of methoxy groups -OCH3 is 1. The standard InChI is InChI=1S/C10H10ClIO2/c1-14-10-3-2-8(12)4-7(10)5-9(13)6-11/h2-4H,5-6H2,1H3. The van der Waals surface area contributed by atoms with Crippen molar-refractivity contribution in [3.05, 3.63) is 27.3 Å². The molecule has 1 aromatic carbocycles. The second-order valence-electron chi connectivity index (χ2n) is 2.81. The van der Waals surface area contributed by atoms with Gasteiger partial charge in [-0.15, -0.1) is 11.6 Å². The summed E-state index contributed by atoms with van der Waals surface area (Å²) in [6.07, 6.45) is 0.337. The van der Waals surface area contributed by atoms with Crippen LogP contribution in [-0.2, 0) is 11.2 Å². The van der Waals surface area contributed by atoms with Crippen LogP contribution in [0.3, 0.4) is 0 Å². The van der Waals surface area contributed by atoms with Crippen LogP contribution in [0.4, 0.5) is 0 Å². The van der Waals surface area contributed by atoms with Gasteiger partial charge in [-0.05, 0) is 40.8 Å². The Morgan fingerprint density at radius 2 is 2.29 bits per heavy atom. The van der Waals surface area contributed by atoms with Gasteiger partial charge in [0.15, 0.2) is 5.78 Å². The second-order valence-corrected chi connectivity index (χ2v) is 4.32. The Labute approximate surface area is 102 Å². The highest BCUT2D eigenvalue weighted by Gasteiger charge is 2.08. The molecule has 4 heteroatoms. The molecule has 0 heterocycles. The van der Waals surface area contributed by atoms with Crippen molar-refractivity contribution < 1.29 is 9.53 Å². The Bertz CT molecular complexity index is 339. The van der Waals surface area contributed by atoms with Gasteiger partial charge >= 0.3 is 0 Å². The molecule has 14 heavy (non-hydrogen) atoms. The Kier molecular flexibility index (Phi) is 4.68. The average Bonchev–Trinajstić information content (AvgIpc) is 2.18. The summed E-state index contributed by atoms with van der Waals surface area (Å²) >= 11 is 7.64. The number of rotatable bonds is 4. The Balaban J connectivity index is 2.93. The van der Waals surface area contributed by atoms with Crippen molar-refractivity contribution in [2.24, 2.45) is 0 Å². The van der Waals surface area contributed by atoms with Gasteiger partial charge < -0.3 is 4.74 Å². The highest BCUT2D eigenvalue weighted by atomic mass is 127. The number of halogens is 2. The zero-order valence-corrected chi connectivity index (χ0v) is 10.6. The fourth-order valence-electron chi connectivity index (χ4n) is 1.14. The van der Waals surface area contributed by atoms with Crippen LogP contribution in [-0.4, -0.2) is 18.8 Å². The van der Waals surface area contributed by atoms with E-state index in [1.807, 2.05) is 18.2 Å². The van der Waals surface area contributed by atoms with Crippen LogP contribution in [0.5, 0.6) is 5.75 Å². The highest BCUT2D eigenvalue weighted by Crippen LogP contribution is 2.21. The van der Waals surface area contributed by atoms with Crippen LogP contribution in [0.25, 0.3) is 0 Å². The van der Waals surface area contributed by atoms with Gasteiger partial charge in [-0.25, -0.2) is 0 Å². The summed E-state index contributed by atoms with van der Waals surface area (Å²) in [5, 5.41) is 0. The molecule has 0 saturated carbocycles. The lowest BCUT2D eigenvalue weighted by atomic mass is 10.1. The number of alkyl halides is 1. The topological polar surface area (TPSA) is 26.3 Å². The monoisotopic (exact) mass is 324 g/mol. The Morgan fingerprint density at radius 3 is 2.86 bits per heavy atom. The third kappa shape index (κ3) is 3.13. The first-order valence-electron chi connectivity index (χ1n) is 4.07. The second kappa shape index (κ2) is 5.56. The van der Waals surface area contributed by atoms with E-state index in [4.69, 9.17) is 16.3 Å². The van der Waals surface area contributed by atoms with Crippen LogP contribution in [0, 0.1) is 3.57 Å². The van der Waals surface area contributed by atoms with E-state index in [-0.39, 0.29) is 11.7 Å². The molecule has 0 aliphatic heterocycles. The molecule has 0 fully saturated rings. The molecule has 0 atom stereocenters. The molecule has 0 radical (unpaired) electrons. The molecule has 0 bridgehead atoms. The summed E-state index contributed by atoms with van der Waals surface area (Å²) < 4.78 is 6.23. The first-order valence-corrected chi connectivity index (χ1v) is 5.68. The number of carbonyl (C=O) groups is 1. The SMILES string of the molecule is COc1ccc(I)cc1CC(=O)CCl. The molecule has 0 N–H and O–H groups in total. The predicted molar refractivity (Wildman–Crippen MR) is 65.1 cm³/mol. The van der Waals surface area contributed by atoms with Crippen molar-refractivity contribution in [2.75, 3.05) is 13.0 Å². The quantitative estimate of drug-likeness (QED) is 0.629. The lowest BCUT2D eigenvalue weighted by Gasteiger charge is -2.07. The maximum atomic E-state index is 11.2. The zero-order chi connectivity index (χ0) is 10.6. The van der Waals surface area contributed by atoms with Gasteiger partial charge in [-0.2, -0.15) is 0 Å². The maximum Gasteiger partial charge on any atom is 0.152 e. The van der Waals surface area contributed by atoms with E-state index < -0.39 is 0 Å². The minimum Gasteiger partial charge on any atom is -0.496 e. The number of Topliss-reactive ketones (excluding diaryl/α,β-unsaturated/α-hetero) is 1. The summed E-state index contributed by atoms with van der Waals surface area (Å²) in [7, 11) is 1.59. The molecule has 1 aromatic rings. The molecule has 0 spiro atoms. The molecule has 0 aromatic heterocycles. The van der Waals surface area contributed by atoms with Gasteiger partial charge in [0.2, 0.25) is 0 Å². The molecule has 0 unspecified atom stereocenters. The number of benzene rings is 1. The minimum absolute atomic E-state index is 0.00645. The fraction of sp³-hybridized carbons (Fsp3) is 0.300. The van der Waals surface area contributed by atoms with Gasteiger partial charge in [0, 0.05) is 15.6 Å². The van der Waals surface area contributed by atoms with E-state index in [0.717, 1.165) is 14.9 Å². The molecule has 0 aliphatic carbocycles. The van der Waals surface area contributed by atoms with Gasteiger partial charge in [-0.3, -0.25) is 4.79 Å². The number of carbonyl (C=O) groups excluding carboxylic acids is 1. The van der Waals surface area contributed by atoms with Crippen LogP contribution in [0.2, 0.25) is 0 Å². The summed E-state index contributed by atoms with van der Waals surface area (Å²) in [6.45, 7) is 0. The van der Waals surface area contributed by atoms with Crippen molar-refractivity contribution in [1.29, 1.82) is 0 Å². The van der Waals surface area contributed by atoms with Crippen LogP contribution >= 0.6 is 34.2 Å². The number of ether oxygens (including phenoxy) is 1. The van der Waals surface area contributed by atoms with Crippen LogP contribution < -0.4 is 4.74 Å². The molecule has 0 saturated heterocycles. The summed E-state index contributed by atoms with van der Waals surface area (Å²) in [4.78, 5) is 11.2. The van der Waals surface area contributed by atoms with Gasteiger partial charge in [0.25, 0.3) is 0 Å². The van der Waals surface area contributed by atoms with E-state index >= 15 is 0 Å². The molecule has 0 amide bonds. The maximum absolute atomic E-state index is 11.2. The average molecular weight is 325 g/mol. The van der Waals surface area contributed by atoms with Crippen molar-refractivity contribution in [1.82, 2.24) is 0 Å². The predicted octanol–water partition coefficient (Wildman–Crippen LogP) is 2.65. The first-order chi connectivity index (χ1) is 6.67. The lowest BCUT2D eigenvalue weighted by Crippen LogP contribution is -2.05. The molecular formula is C10H10ClIO2. The van der Waals surface area contributed by atoms with Crippen LogP contribution in [0.1, 0.15) is 5.56 Å². The number of ketones is 1.